The van der Waals surface area contributed by atoms with Gasteiger partial charge in [0.25, 0.3) is 0 Å². The third kappa shape index (κ3) is 4.11. The van der Waals surface area contributed by atoms with Gasteiger partial charge in [-0.3, -0.25) is 0 Å². The highest BCUT2D eigenvalue weighted by Crippen LogP contribution is 2.36. The Morgan fingerprint density at radius 3 is 2.07 bits per heavy atom. The normalized spacial score (nSPS) is 15.3. The Morgan fingerprint density at radius 1 is 0.852 bits per heavy atom. The fourth-order valence-electron chi connectivity index (χ4n) is 4.22. The molecular weight excluding hydrogens is 352 g/mol. The summed E-state index contributed by atoms with van der Waals surface area (Å²) in [6.07, 6.45) is 2.35. The van der Waals surface area contributed by atoms with Crippen molar-refractivity contribution in [1.29, 1.82) is 0 Å². The van der Waals surface area contributed by atoms with Crippen LogP contribution in [-0.4, -0.2) is 26.2 Å². The maximum absolute atomic E-state index is 6.23. The summed E-state index contributed by atoms with van der Waals surface area (Å²) in [7, 11) is 0. The molecule has 1 fully saturated rings. The molecule has 2 aromatic carbocycles. The van der Waals surface area contributed by atoms with Gasteiger partial charge in [0.15, 0.2) is 0 Å². The highest BCUT2D eigenvalue weighted by molar-refractivity contribution is 6.30. The number of anilines is 2. The number of halogens is 1. The Morgan fingerprint density at radius 2 is 1.44 bits per heavy atom. The quantitative estimate of drug-likeness (QED) is 0.591. The molecule has 3 rings (SSSR count). The van der Waals surface area contributed by atoms with E-state index in [4.69, 9.17) is 11.6 Å². The maximum atomic E-state index is 6.23. The average molecular weight is 385 g/mol. The minimum Gasteiger partial charge on any atom is -0.368 e. The van der Waals surface area contributed by atoms with Gasteiger partial charge in [-0.1, -0.05) is 44.5 Å². The van der Waals surface area contributed by atoms with Crippen molar-refractivity contribution in [2.24, 2.45) is 0 Å². The predicted octanol–water partition coefficient (Wildman–Crippen LogP) is 6.36. The van der Waals surface area contributed by atoms with Crippen molar-refractivity contribution in [3.8, 4) is 0 Å². The van der Waals surface area contributed by atoms with Gasteiger partial charge >= 0.3 is 0 Å². The first-order chi connectivity index (χ1) is 12.9. The van der Waals surface area contributed by atoms with E-state index in [1.54, 1.807) is 0 Å². The molecule has 3 heteroatoms. The van der Waals surface area contributed by atoms with Crippen molar-refractivity contribution >= 4 is 23.0 Å². The molecule has 1 saturated heterocycles. The summed E-state index contributed by atoms with van der Waals surface area (Å²) in [6.45, 7) is 15.6. The molecule has 1 aliphatic rings. The number of benzene rings is 2. The second kappa shape index (κ2) is 8.14. The highest BCUT2D eigenvalue weighted by atomic mass is 35.5. The van der Waals surface area contributed by atoms with Gasteiger partial charge in [-0.05, 0) is 73.1 Å². The zero-order chi connectivity index (χ0) is 19.6. The lowest BCUT2D eigenvalue weighted by atomic mass is 9.76. The largest absolute Gasteiger partial charge is 0.368 e. The number of nitrogens with zero attached hydrogens (tertiary/aromatic N) is 2. The van der Waals surface area contributed by atoms with Gasteiger partial charge < -0.3 is 9.80 Å². The summed E-state index contributed by atoms with van der Waals surface area (Å²) in [5.74, 6) is 0. The Bertz CT molecular complexity index is 787. The molecule has 0 spiro atoms. The predicted molar refractivity (Wildman–Crippen MR) is 120 cm³/mol. The van der Waals surface area contributed by atoms with Gasteiger partial charge in [-0.25, -0.2) is 0 Å². The number of piperazine rings is 1. The average Bonchev–Trinajstić information content (AvgIpc) is 2.70. The van der Waals surface area contributed by atoms with E-state index >= 15 is 0 Å². The van der Waals surface area contributed by atoms with Crippen molar-refractivity contribution in [2.75, 3.05) is 36.0 Å². The van der Waals surface area contributed by atoms with Crippen LogP contribution in [0.15, 0.2) is 36.4 Å². The minimum atomic E-state index is 0.264. The zero-order valence-electron chi connectivity index (χ0n) is 17.5. The Hall–Kier alpha value is -1.67. The van der Waals surface area contributed by atoms with Crippen LogP contribution in [0.2, 0.25) is 5.02 Å². The maximum Gasteiger partial charge on any atom is 0.0426 e. The van der Waals surface area contributed by atoms with E-state index in [0.29, 0.717) is 0 Å². The van der Waals surface area contributed by atoms with E-state index in [-0.39, 0.29) is 5.41 Å². The van der Waals surface area contributed by atoms with Crippen LogP contribution in [0.25, 0.3) is 0 Å². The third-order valence-electron chi connectivity index (χ3n) is 6.59. The first-order valence-electron chi connectivity index (χ1n) is 10.2. The highest BCUT2D eigenvalue weighted by Gasteiger charge is 2.26. The molecule has 0 saturated carbocycles. The van der Waals surface area contributed by atoms with Gasteiger partial charge in [0, 0.05) is 42.6 Å². The molecule has 146 valence electrons. The smallest absolute Gasteiger partial charge is 0.0426 e. The van der Waals surface area contributed by atoms with E-state index in [1.807, 2.05) is 6.07 Å². The van der Waals surface area contributed by atoms with E-state index in [1.165, 1.54) is 40.9 Å². The van der Waals surface area contributed by atoms with Crippen LogP contribution in [0.5, 0.6) is 0 Å². The summed E-state index contributed by atoms with van der Waals surface area (Å²) >= 11 is 6.23. The Labute approximate surface area is 170 Å². The van der Waals surface area contributed by atoms with Gasteiger partial charge in [-0.2, -0.15) is 0 Å². The second-order valence-corrected chi connectivity index (χ2v) is 8.61. The summed E-state index contributed by atoms with van der Waals surface area (Å²) < 4.78 is 0. The van der Waals surface area contributed by atoms with Crippen molar-refractivity contribution in [3.05, 3.63) is 58.1 Å². The van der Waals surface area contributed by atoms with E-state index in [0.717, 1.165) is 31.2 Å². The van der Waals surface area contributed by atoms with Crippen LogP contribution in [0.4, 0.5) is 11.4 Å². The van der Waals surface area contributed by atoms with Gasteiger partial charge in [0.05, 0.1) is 0 Å². The monoisotopic (exact) mass is 384 g/mol. The van der Waals surface area contributed by atoms with E-state index < -0.39 is 0 Å². The fraction of sp³-hybridized carbons (Fsp3) is 0.500. The molecular formula is C24H33ClN2. The van der Waals surface area contributed by atoms with Crippen LogP contribution in [-0.2, 0) is 5.41 Å². The molecule has 0 aromatic heterocycles. The van der Waals surface area contributed by atoms with Crippen LogP contribution in [0.1, 0.15) is 50.3 Å². The molecule has 2 nitrogen and oxygen atoms in total. The Balaban J connectivity index is 1.77. The van der Waals surface area contributed by atoms with E-state index in [9.17, 15) is 0 Å². The molecule has 2 aromatic rings. The zero-order valence-corrected chi connectivity index (χ0v) is 18.2. The lowest BCUT2D eigenvalue weighted by Crippen LogP contribution is -2.46. The topological polar surface area (TPSA) is 6.48 Å². The van der Waals surface area contributed by atoms with Crippen LogP contribution in [0.3, 0.4) is 0 Å². The number of hydrogen-bond acceptors (Lipinski definition) is 2. The summed E-state index contributed by atoms with van der Waals surface area (Å²) in [4.78, 5) is 5.00. The lowest BCUT2D eigenvalue weighted by molar-refractivity contribution is 0.436. The second-order valence-electron chi connectivity index (χ2n) is 8.17. The molecule has 0 unspecified atom stereocenters. The van der Waals surface area contributed by atoms with Crippen LogP contribution < -0.4 is 9.80 Å². The van der Waals surface area contributed by atoms with Gasteiger partial charge in [-0.15, -0.1) is 0 Å². The summed E-state index contributed by atoms with van der Waals surface area (Å²) in [5, 5.41) is 0.819. The number of aryl methyl sites for hydroxylation is 2. The van der Waals surface area contributed by atoms with Crippen LogP contribution >= 0.6 is 11.6 Å². The van der Waals surface area contributed by atoms with Crippen molar-refractivity contribution in [3.63, 3.8) is 0 Å². The SMILES string of the molecule is CCC(C)(CC)c1cc(N2CCN(c3cc(Cl)ccc3C)CC2)ccc1C. The fourth-order valence-corrected chi connectivity index (χ4v) is 4.38. The standard InChI is InChI=1S/C24H33ClN2/c1-6-24(5,7-2)22-17-21(11-9-18(22)3)26-12-14-27(15-13-26)23-16-20(25)10-8-19(23)4/h8-11,16-17H,6-7,12-15H2,1-5H3. The molecule has 0 amide bonds. The minimum absolute atomic E-state index is 0.264. The Kier molecular flexibility index (Phi) is 6.05. The van der Waals surface area contributed by atoms with Crippen molar-refractivity contribution < 1.29 is 0 Å². The first-order valence-corrected chi connectivity index (χ1v) is 10.6. The van der Waals surface area contributed by atoms with Crippen LogP contribution in [0, 0.1) is 13.8 Å². The lowest BCUT2D eigenvalue weighted by Gasteiger charge is -2.39. The van der Waals surface area contributed by atoms with Crippen molar-refractivity contribution in [1.82, 2.24) is 0 Å². The number of hydrogen-bond donors (Lipinski definition) is 0. The summed E-state index contributed by atoms with van der Waals surface area (Å²) in [5.41, 5.74) is 7.13. The third-order valence-corrected chi connectivity index (χ3v) is 6.82. The summed E-state index contributed by atoms with van der Waals surface area (Å²) in [6, 6.07) is 13.2. The van der Waals surface area contributed by atoms with Crippen molar-refractivity contribution in [2.45, 2.75) is 52.9 Å². The molecule has 0 radical (unpaired) electrons. The molecule has 27 heavy (non-hydrogen) atoms. The molecule has 0 aliphatic carbocycles. The molecule has 0 bridgehead atoms. The van der Waals surface area contributed by atoms with Gasteiger partial charge in [0.2, 0.25) is 0 Å². The van der Waals surface area contributed by atoms with E-state index in [2.05, 4.69) is 74.8 Å². The van der Waals surface area contributed by atoms with Gasteiger partial charge in [0.1, 0.15) is 0 Å². The molecule has 1 heterocycles. The molecule has 0 N–H and O–H groups in total. The molecule has 0 atom stereocenters. The first kappa shape index (κ1) is 20.1. The molecule has 1 aliphatic heterocycles. The number of rotatable bonds is 5.